The van der Waals surface area contributed by atoms with Gasteiger partial charge in [-0.05, 0) is 60.6 Å². The highest BCUT2D eigenvalue weighted by atomic mass is 19.3. The summed E-state index contributed by atoms with van der Waals surface area (Å²) in [4.78, 5) is 3.70. The van der Waals surface area contributed by atoms with E-state index in [0.717, 1.165) is 35.0 Å². The van der Waals surface area contributed by atoms with Gasteiger partial charge in [-0.2, -0.15) is 10.4 Å². The van der Waals surface area contributed by atoms with Gasteiger partial charge in [0.15, 0.2) is 5.60 Å². The van der Waals surface area contributed by atoms with E-state index in [0.29, 0.717) is 11.6 Å². The first-order valence-corrected chi connectivity index (χ1v) is 10.0. The highest BCUT2D eigenvalue weighted by Gasteiger charge is 2.82. The van der Waals surface area contributed by atoms with Gasteiger partial charge in [0.2, 0.25) is 0 Å². The summed E-state index contributed by atoms with van der Waals surface area (Å²) in [5, 5.41) is 24.1. The van der Waals surface area contributed by atoms with Crippen LogP contribution in [0.3, 0.4) is 0 Å². The van der Waals surface area contributed by atoms with Gasteiger partial charge in [0.25, 0.3) is 5.92 Å². The second-order valence-corrected chi connectivity index (χ2v) is 8.93. The van der Waals surface area contributed by atoms with E-state index in [1.165, 1.54) is 0 Å². The lowest BCUT2D eigenvalue weighted by Gasteiger charge is -2.74. The van der Waals surface area contributed by atoms with Crippen LogP contribution < -0.4 is 0 Å². The molecule has 0 radical (unpaired) electrons. The summed E-state index contributed by atoms with van der Waals surface area (Å²) in [5.74, 6) is -5.84. The number of nitrogens with zero attached hydrogens (tertiary/aromatic N) is 4. The van der Waals surface area contributed by atoms with E-state index in [-0.39, 0.29) is 19.3 Å². The zero-order chi connectivity index (χ0) is 22.8. The van der Waals surface area contributed by atoms with Crippen molar-refractivity contribution in [1.82, 2.24) is 14.8 Å². The highest BCUT2D eigenvalue weighted by Crippen LogP contribution is 2.80. The molecule has 6 rings (SSSR count). The molecule has 1 N–H and O–H groups in total. The Morgan fingerprint density at radius 2 is 1.78 bits per heavy atom. The smallest absolute Gasteiger partial charge is 0.287 e. The third-order valence-corrected chi connectivity index (χ3v) is 7.07. The number of aromatic nitrogens is 3. The minimum atomic E-state index is -3.78. The summed E-state index contributed by atoms with van der Waals surface area (Å²) in [6.07, 6.45) is 2.53. The van der Waals surface area contributed by atoms with Gasteiger partial charge in [-0.1, -0.05) is 12.1 Å². The van der Waals surface area contributed by atoms with E-state index >= 15 is 8.78 Å². The number of hydrogen-bond acceptors (Lipinski definition) is 4. The van der Waals surface area contributed by atoms with Crippen LogP contribution in [0.5, 0.6) is 0 Å². The van der Waals surface area contributed by atoms with Crippen LogP contribution in [0.15, 0.2) is 55.1 Å². The minimum absolute atomic E-state index is 0.0928. The Morgan fingerprint density at radius 3 is 2.38 bits per heavy atom. The van der Waals surface area contributed by atoms with Crippen LogP contribution in [0.4, 0.5) is 17.6 Å². The van der Waals surface area contributed by atoms with E-state index in [1.54, 1.807) is 24.3 Å². The molecule has 164 valence electrons. The summed E-state index contributed by atoms with van der Waals surface area (Å²) in [7, 11) is 0. The maximum atomic E-state index is 16.1. The third kappa shape index (κ3) is 2.65. The average Bonchev–Trinajstić information content (AvgIpc) is 3.20. The molecule has 5 nitrogen and oxygen atoms in total. The maximum absolute atomic E-state index is 16.1. The fourth-order valence-electron chi connectivity index (χ4n) is 5.48. The van der Waals surface area contributed by atoms with Crippen molar-refractivity contribution < 1.29 is 22.7 Å². The van der Waals surface area contributed by atoms with E-state index < -0.39 is 46.1 Å². The number of nitriles is 1. The van der Waals surface area contributed by atoms with E-state index in [1.807, 2.05) is 6.07 Å². The van der Waals surface area contributed by atoms with Crippen molar-refractivity contribution in [2.24, 2.45) is 5.41 Å². The first-order valence-electron chi connectivity index (χ1n) is 10.0. The van der Waals surface area contributed by atoms with Gasteiger partial charge < -0.3 is 5.11 Å². The SMILES string of the molecule is N#Cc1ccc(C23CC(C(F)(F)[C@](O)(Cn4cncn4)c4cc(F)ccc4F)(C2)C3)cc1. The molecule has 3 saturated carbocycles. The molecule has 32 heavy (non-hydrogen) atoms. The first kappa shape index (κ1) is 20.6. The number of aliphatic hydroxyl groups is 1. The molecule has 2 bridgehead atoms. The summed E-state index contributed by atoms with van der Waals surface area (Å²) in [6, 6.07) is 11.0. The fraction of sp³-hybridized carbons (Fsp3) is 0.348. The Bertz CT molecular complexity index is 1200. The number of benzene rings is 2. The van der Waals surface area contributed by atoms with Gasteiger partial charge in [0, 0.05) is 11.0 Å². The Labute approximate surface area is 180 Å². The van der Waals surface area contributed by atoms with Gasteiger partial charge in [0.1, 0.15) is 24.3 Å². The topological polar surface area (TPSA) is 74.7 Å². The van der Waals surface area contributed by atoms with Crippen molar-refractivity contribution >= 4 is 0 Å². The molecule has 0 spiro atoms. The molecule has 9 heteroatoms. The quantitative estimate of drug-likeness (QED) is 0.584. The normalized spacial score (nSPS) is 25.9. The first-order chi connectivity index (χ1) is 15.1. The molecular weight excluding hydrogens is 424 g/mol. The lowest BCUT2D eigenvalue weighted by atomic mass is 9.30. The number of alkyl halides is 2. The van der Waals surface area contributed by atoms with E-state index in [4.69, 9.17) is 5.26 Å². The van der Waals surface area contributed by atoms with Crippen LogP contribution in [0, 0.1) is 28.4 Å². The van der Waals surface area contributed by atoms with Crippen molar-refractivity contribution in [3.05, 3.63) is 83.4 Å². The number of rotatable bonds is 6. The molecule has 3 aliphatic carbocycles. The van der Waals surface area contributed by atoms with Gasteiger partial charge >= 0.3 is 0 Å². The zero-order valence-corrected chi connectivity index (χ0v) is 16.8. The molecule has 3 aromatic rings. The predicted octanol–water partition coefficient (Wildman–Crippen LogP) is 4.07. The van der Waals surface area contributed by atoms with Crippen molar-refractivity contribution in [3.63, 3.8) is 0 Å². The van der Waals surface area contributed by atoms with Crippen LogP contribution in [-0.4, -0.2) is 25.8 Å². The molecule has 0 saturated heterocycles. The standard InChI is InChI=1S/C23H18F4N4O/c24-17-5-6-19(25)18(7-17)22(32,12-31-14-29-13-30-31)23(26,27)21-9-20(10-21,11-21)16-3-1-15(8-28)2-4-16/h1-7,13-14,32H,9-12H2/t20?,21?,22-/m0/s1. The minimum Gasteiger partial charge on any atom is -0.377 e. The van der Waals surface area contributed by atoms with Crippen LogP contribution in [0.1, 0.15) is 36.0 Å². The molecule has 1 atom stereocenters. The predicted molar refractivity (Wildman–Crippen MR) is 104 cm³/mol. The molecule has 0 aliphatic heterocycles. The van der Waals surface area contributed by atoms with Crippen LogP contribution >= 0.6 is 0 Å². The van der Waals surface area contributed by atoms with Crippen LogP contribution in [0.25, 0.3) is 0 Å². The fourth-order valence-corrected chi connectivity index (χ4v) is 5.48. The summed E-state index contributed by atoms with van der Waals surface area (Å²) in [6.45, 7) is -0.786. The molecule has 3 aliphatic rings. The molecule has 1 aromatic heterocycles. The van der Waals surface area contributed by atoms with Gasteiger partial charge in [-0.25, -0.2) is 27.2 Å². The van der Waals surface area contributed by atoms with Crippen molar-refractivity contribution in [2.45, 2.75) is 42.7 Å². The molecular formula is C23H18F4N4O. The molecule has 2 aromatic carbocycles. The second kappa shape index (κ2) is 6.62. The van der Waals surface area contributed by atoms with Gasteiger partial charge in [-0.3, -0.25) is 0 Å². The van der Waals surface area contributed by atoms with Crippen LogP contribution in [-0.2, 0) is 17.6 Å². The summed E-state index contributed by atoms with van der Waals surface area (Å²) < 4.78 is 61.7. The Balaban J connectivity index is 1.51. The van der Waals surface area contributed by atoms with Crippen molar-refractivity contribution in [2.75, 3.05) is 0 Å². The number of hydrogen-bond donors (Lipinski definition) is 1. The molecule has 0 amide bonds. The van der Waals surface area contributed by atoms with Crippen LogP contribution in [0.2, 0.25) is 0 Å². The number of halogens is 4. The highest BCUT2D eigenvalue weighted by molar-refractivity contribution is 5.45. The zero-order valence-electron chi connectivity index (χ0n) is 16.8. The Kier molecular flexibility index (Phi) is 4.27. The lowest BCUT2D eigenvalue weighted by Crippen LogP contribution is -2.76. The largest absolute Gasteiger partial charge is 0.377 e. The molecule has 0 unspecified atom stereocenters. The third-order valence-electron chi connectivity index (χ3n) is 7.07. The lowest BCUT2D eigenvalue weighted by molar-refractivity contribution is -0.347. The monoisotopic (exact) mass is 442 g/mol. The van der Waals surface area contributed by atoms with E-state index in [9.17, 15) is 13.9 Å². The molecule has 3 fully saturated rings. The van der Waals surface area contributed by atoms with Gasteiger partial charge in [0.05, 0.1) is 18.2 Å². The Morgan fingerprint density at radius 1 is 1.09 bits per heavy atom. The maximum Gasteiger partial charge on any atom is 0.287 e. The summed E-state index contributed by atoms with van der Waals surface area (Å²) in [5.41, 5.74) is -4.55. The molecule has 1 heterocycles. The van der Waals surface area contributed by atoms with Crippen molar-refractivity contribution in [3.8, 4) is 6.07 Å². The van der Waals surface area contributed by atoms with Gasteiger partial charge in [-0.15, -0.1) is 0 Å². The van der Waals surface area contributed by atoms with Crippen molar-refractivity contribution in [1.29, 1.82) is 5.26 Å². The van der Waals surface area contributed by atoms with E-state index in [2.05, 4.69) is 10.1 Å². The average molecular weight is 442 g/mol. The second-order valence-electron chi connectivity index (χ2n) is 8.93. The summed E-state index contributed by atoms with van der Waals surface area (Å²) >= 11 is 0. The Hall–Kier alpha value is -3.25.